The van der Waals surface area contributed by atoms with E-state index in [0.717, 1.165) is 0 Å². The number of alkyl carbamates (subject to hydrolysis) is 1. The highest BCUT2D eigenvalue weighted by Crippen LogP contribution is 2.13. The van der Waals surface area contributed by atoms with E-state index in [1.54, 1.807) is 37.3 Å². The number of ether oxygens (including phenoxy) is 1. The molecule has 0 bridgehead atoms. The first-order valence-electron chi connectivity index (χ1n) is 5.89. The molecule has 0 radical (unpaired) electrons. The molecule has 0 fully saturated rings. The lowest BCUT2D eigenvalue weighted by Crippen LogP contribution is -2.32. The summed E-state index contributed by atoms with van der Waals surface area (Å²) < 4.78 is 4.56. The van der Waals surface area contributed by atoms with Crippen molar-refractivity contribution in [1.82, 2.24) is 5.32 Å². The number of allylic oxidation sites excluding steroid dienone is 1. The Morgan fingerprint density at radius 2 is 1.95 bits per heavy atom. The molecule has 7 heteroatoms. The summed E-state index contributed by atoms with van der Waals surface area (Å²) in [4.78, 5) is 22.8. The number of nitrogens with zero attached hydrogens (tertiary/aromatic N) is 2. The van der Waals surface area contributed by atoms with Gasteiger partial charge in [0.05, 0.1) is 12.3 Å². The van der Waals surface area contributed by atoms with Gasteiger partial charge in [-0.3, -0.25) is 10.1 Å². The lowest BCUT2D eigenvalue weighted by atomic mass is 10.3. The van der Waals surface area contributed by atoms with Crippen LogP contribution < -0.4 is 5.32 Å². The second-order valence-corrected chi connectivity index (χ2v) is 3.64. The zero-order chi connectivity index (χ0) is 15.0. The number of carbonyl (C=O) groups is 2. The molecular formula is C13H15N3O4. The number of amides is 2. The summed E-state index contributed by atoms with van der Waals surface area (Å²) in [6.45, 7) is 3.00. The third kappa shape index (κ3) is 4.89. The summed E-state index contributed by atoms with van der Waals surface area (Å²) in [6, 6.07) is 8.67. The van der Waals surface area contributed by atoms with Crippen molar-refractivity contribution < 1.29 is 19.4 Å². The highest BCUT2D eigenvalue weighted by Gasteiger charge is 2.16. The minimum absolute atomic E-state index is 0.127. The molecule has 0 spiro atoms. The molecule has 1 rings (SSSR count). The highest BCUT2D eigenvalue weighted by atomic mass is 16.5. The van der Waals surface area contributed by atoms with E-state index in [9.17, 15) is 14.7 Å². The number of carbonyl (C=O) groups excluding carboxylic acids is 2. The molecule has 0 aliphatic carbocycles. The van der Waals surface area contributed by atoms with E-state index in [1.807, 2.05) is 5.32 Å². The zero-order valence-electron chi connectivity index (χ0n) is 11.2. The average molecular weight is 277 g/mol. The average Bonchev–Trinajstić information content (AvgIpc) is 2.39. The van der Waals surface area contributed by atoms with E-state index >= 15 is 0 Å². The maximum atomic E-state index is 11.7. The van der Waals surface area contributed by atoms with Crippen molar-refractivity contribution >= 4 is 17.7 Å². The van der Waals surface area contributed by atoms with Gasteiger partial charge < -0.3 is 9.84 Å². The lowest BCUT2D eigenvalue weighted by Gasteiger charge is -2.04. The van der Waals surface area contributed by atoms with Crippen LogP contribution >= 0.6 is 0 Å². The van der Waals surface area contributed by atoms with Gasteiger partial charge in [0, 0.05) is 0 Å². The molecule has 0 saturated carbocycles. The minimum atomic E-state index is -0.911. The SMILES string of the molecule is CCOC(=O)NC(=O)/C(N=Nc1ccccc1)=C(\C)O. The van der Waals surface area contributed by atoms with Crippen LogP contribution in [-0.2, 0) is 9.53 Å². The summed E-state index contributed by atoms with van der Waals surface area (Å²) in [5.41, 5.74) is 0.150. The van der Waals surface area contributed by atoms with Crippen molar-refractivity contribution in [2.75, 3.05) is 6.61 Å². The molecule has 0 atom stereocenters. The van der Waals surface area contributed by atoms with Crippen LogP contribution in [-0.4, -0.2) is 23.7 Å². The van der Waals surface area contributed by atoms with E-state index in [4.69, 9.17) is 0 Å². The second kappa shape index (κ2) is 7.67. The lowest BCUT2D eigenvalue weighted by molar-refractivity contribution is -0.117. The van der Waals surface area contributed by atoms with E-state index < -0.39 is 12.0 Å². The second-order valence-electron chi connectivity index (χ2n) is 3.64. The predicted molar refractivity (Wildman–Crippen MR) is 71.5 cm³/mol. The fourth-order valence-corrected chi connectivity index (χ4v) is 1.20. The van der Waals surface area contributed by atoms with Crippen LogP contribution in [0.5, 0.6) is 0 Å². The minimum Gasteiger partial charge on any atom is -0.510 e. The summed E-state index contributed by atoms with van der Waals surface area (Å²) in [7, 11) is 0. The Hall–Kier alpha value is -2.70. The summed E-state index contributed by atoms with van der Waals surface area (Å²) in [5, 5.41) is 18.8. The van der Waals surface area contributed by atoms with Gasteiger partial charge in [-0.15, -0.1) is 5.11 Å². The molecule has 0 unspecified atom stereocenters. The van der Waals surface area contributed by atoms with Gasteiger partial charge in [-0.25, -0.2) is 4.79 Å². The smallest absolute Gasteiger partial charge is 0.414 e. The maximum absolute atomic E-state index is 11.7. The molecular weight excluding hydrogens is 262 g/mol. The summed E-state index contributed by atoms with van der Waals surface area (Å²) >= 11 is 0. The van der Waals surface area contributed by atoms with Crippen LogP contribution in [0.4, 0.5) is 10.5 Å². The van der Waals surface area contributed by atoms with Crippen LogP contribution in [0.2, 0.25) is 0 Å². The Morgan fingerprint density at radius 3 is 2.50 bits per heavy atom. The van der Waals surface area contributed by atoms with Crippen LogP contribution in [0.25, 0.3) is 0 Å². The molecule has 0 aliphatic rings. The van der Waals surface area contributed by atoms with Crippen LogP contribution in [0.3, 0.4) is 0 Å². The quantitative estimate of drug-likeness (QED) is 0.502. The van der Waals surface area contributed by atoms with Crippen molar-refractivity contribution in [3.05, 3.63) is 41.8 Å². The predicted octanol–water partition coefficient (Wildman–Crippen LogP) is 2.83. The number of hydrogen-bond donors (Lipinski definition) is 2. The van der Waals surface area contributed by atoms with Crippen LogP contribution in [0.1, 0.15) is 13.8 Å². The first kappa shape index (κ1) is 15.4. The summed E-state index contributed by atoms with van der Waals surface area (Å²) in [5.74, 6) is -1.24. The first-order valence-corrected chi connectivity index (χ1v) is 5.89. The largest absolute Gasteiger partial charge is 0.510 e. The van der Waals surface area contributed by atoms with E-state index in [2.05, 4.69) is 15.0 Å². The number of hydrogen-bond acceptors (Lipinski definition) is 6. The van der Waals surface area contributed by atoms with Gasteiger partial charge in [0.25, 0.3) is 5.91 Å². The van der Waals surface area contributed by atoms with Crippen LogP contribution in [0, 0.1) is 0 Å². The molecule has 0 aliphatic heterocycles. The molecule has 20 heavy (non-hydrogen) atoms. The Bertz CT molecular complexity index is 534. The van der Waals surface area contributed by atoms with Gasteiger partial charge in [0.2, 0.25) is 0 Å². The van der Waals surface area contributed by atoms with Crippen molar-refractivity contribution in [2.45, 2.75) is 13.8 Å². The van der Waals surface area contributed by atoms with Crippen molar-refractivity contribution in [3.63, 3.8) is 0 Å². The molecule has 0 saturated heterocycles. The standard InChI is InChI=1S/C13H15N3O4/c1-3-20-13(19)14-12(18)11(9(2)17)16-15-10-7-5-4-6-8-10/h4-8,17H,3H2,1-2H3,(H,14,18,19)/b11-9-,16-15?. The fourth-order valence-electron chi connectivity index (χ4n) is 1.20. The Balaban J connectivity index is 2.81. The third-order valence-electron chi connectivity index (χ3n) is 2.07. The van der Waals surface area contributed by atoms with Crippen molar-refractivity contribution in [3.8, 4) is 0 Å². The van der Waals surface area contributed by atoms with E-state index in [-0.39, 0.29) is 18.1 Å². The molecule has 106 valence electrons. The molecule has 0 heterocycles. The van der Waals surface area contributed by atoms with Gasteiger partial charge in [-0.05, 0) is 26.0 Å². The highest BCUT2D eigenvalue weighted by molar-refractivity contribution is 6.02. The zero-order valence-corrected chi connectivity index (χ0v) is 11.2. The summed E-state index contributed by atoms with van der Waals surface area (Å²) in [6.07, 6.45) is -0.911. The molecule has 0 aromatic heterocycles. The number of imide groups is 1. The fraction of sp³-hybridized carbons (Fsp3) is 0.231. The van der Waals surface area contributed by atoms with E-state index in [1.165, 1.54) is 6.92 Å². The van der Waals surface area contributed by atoms with Crippen LogP contribution in [0.15, 0.2) is 52.0 Å². The Kier molecular flexibility index (Phi) is 5.89. The van der Waals surface area contributed by atoms with Crippen molar-refractivity contribution in [1.29, 1.82) is 0 Å². The van der Waals surface area contributed by atoms with Gasteiger partial charge in [-0.1, -0.05) is 18.2 Å². The van der Waals surface area contributed by atoms with Gasteiger partial charge in [-0.2, -0.15) is 5.11 Å². The van der Waals surface area contributed by atoms with Gasteiger partial charge >= 0.3 is 6.09 Å². The Morgan fingerprint density at radius 1 is 1.30 bits per heavy atom. The number of rotatable bonds is 4. The van der Waals surface area contributed by atoms with Gasteiger partial charge in [0.1, 0.15) is 5.76 Å². The molecule has 2 amide bonds. The Labute approximate surface area is 116 Å². The van der Waals surface area contributed by atoms with E-state index in [0.29, 0.717) is 5.69 Å². The molecule has 1 aromatic carbocycles. The third-order valence-corrected chi connectivity index (χ3v) is 2.07. The molecule has 1 aromatic rings. The maximum Gasteiger partial charge on any atom is 0.414 e. The monoisotopic (exact) mass is 277 g/mol. The van der Waals surface area contributed by atoms with Crippen molar-refractivity contribution in [2.24, 2.45) is 10.2 Å². The first-order chi connectivity index (χ1) is 9.54. The normalized spacial score (nSPS) is 11.9. The van der Waals surface area contributed by atoms with Gasteiger partial charge in [0.15, 0.2) is 5.70 Å². The topological polar surface area (TPSA) is 100 Å². The molecule has 2 N–H and O–H groups in total. The number of nitrogens with one attached hydrogen (secondary N) is 1. The molecule has 7 nitrogen and oxygen atoms in total. The number of benzene rings is 1. The number of aliphatic hydroxyl groups excluding tert-OH is 1. The number of azo groups is 1. The number of aliphatic hydroxyl groups is 1.